The zero-order valence-electron chi connectivity index (χ0n) is 10.2. The van der Waals surface area contributed by atoms with E-state index in [9.17, 15) is 5.11 Å². The topological polar surface area (TPSA) is 47.3 Å². The van der Waals surface area contributed by atoms with Gasteiger partial charge in [0.2, 0.25) is 0 Å². The number of likely N-dealkylation sites (tertiary alicyclic amines) is 1. The first kappa shape index (κ1) is 11.9. The van der Waals surface area contributed by atoms with Gasteiger partial charge in [0.1, 0.15) is 0 Å². The number of hydrogen-bond donors (Lipinski definition) is 1. The van der Waals surface area contributed by atoms with Gasteiger partial charge in [-0.05, 0) is 57.0 Å². The Balaban J connectivity index is 1.76. The first-order valence-corrected chi connectivity index (χ1v) is 6.43. The van der Waals surface area contributed by atoms with Gasteiger partial charge in [0.25, 0.3) is 0 Å². The molecule has 90 valence electrons. The van der Waals surface area contributed by atoms with Crippen LogP contribution in [0.5, 0.6) is 0 Å². The van der Waals surface area contributed by atoms with Gasteiger partial charge in [0.15, 0.2) is 0 Å². The van der Waals surface area contributed by atoms with Crippen LogP contribution in [0.3, 0.4) is 0 Å². The molecule has 1 aliphatic carbocycles. The zero-order chi connectivity index (χ0) is 11.6. The summed E-state index contributed by atoms with van der Waals surface area (Å²) in [5.74, 6) is 0.488. The van der Waals surface area contributed by atoms with Gasteiger partial charge in [-0.1, -0.05) is 0 Å². The van der Waals surface area contributed by atoms with Crippen molar-refractivity contribution in [3.63, 3.8) is 0 Å². The Kier molecular flexibility index (Phi) is 3.51. The largest absolute Gasteiger partial charge is 0.393 e. The van der Waals surface area contributed by atoms with Gasteiger partial charge in [-0.15, -0.1) is 0 Å². The van der Waals surface area contributed by atoms with Gasteiger partial charge in [0, 0.05) is 13.0 Å². The van der Waals surface area contributed by atoms with E-state index in [1.165, 1.54) is 12.8 Å². The predicted octanol–water partition coefficient (Wildman–Crippen LogP) is 1.77. The molecule has 2 rings (SSSR count). The summed E-state index contributed by atoms with van der Waals surface area (Å²) in [7, 11) is 0. The molecule has 0 bridgehead atoms. The summed E-state index contributed by atoms with van der Waals surface area (Å²) in [6.45, 7) is 5.21. The Morgan fingerprint density at radius 3 is 2.50 bits per heavy atom. The Labute approximate surface area is 98.1 Å². The van der Waals surface area contributed by atoms with Crippen LogP contribution in [0.25, 0.3) is 0 Å². The molecule has 1 saturated carbocycles. The SMILES string of the molecule is CC(O)C1CCN(CC2(CC#N)CC2)CC1. The van der Waals surface area contributed by atoms with E-state index < -0.39 is 0 Å². The van der Waals surface area contributed by atoms with Crippen molar-refractivity contribution in [2.45, 2.75) is 45.1 Å². The highest BCUT2D eigenvalue weighted by atomic mass is 16.3. The molecule has 3 nitrogen and oxygen atoms in total. The molecule has 1 aliphatic heterocycles. The molecule has 2 fully saturated rings. The average Bonchev–Trinajstić information content (AvgIpc) is 2.99. The molecule has 0 aromatic rings. The molecule has 16 heavy (non-hydrogen) atoms. The van der Waals surface area contributed by atoms with Crippen LogP contribution in [0, 0.1) is 22.7 Å². The predicted molar refractivity (Wildman–Crippen MR) is 62.7 cm³/mol. The van der Waals surface area contributed by atoms with Gasteiger partial charge in [-0.25, -0.2) is 0 Å². The highest BCUT2D eigenvalue weighted by Gasteiger charge is 2.44. The van der Waals surface area contributed by atoms with Crippen LogP contribution < -0.4 is 0 Å². The van der Waals surface area contributed by atoms with Gasteiger partial charge in [0.05, 0.1) is 12.2 Å². The molecule has 1 unspecified atom stereocenters. The molecule has 3 heteroatoms. The number of aliphatic hydroxyl groups excluding tert-OH is 1. The van der Waals surface area contributed by atoms with Crippen molar-refractivity contribution in [1.82, 2.24) is 4.90 Å². The van der Waals surface area contributed by atoms with Crippen molar-refractivity contribution in [3.8, 4) is 6.07 Å². The van der Waals surface area contributed by atoms with Crippen LogP contribution in [0.1, 0.15) is 39.0 Å². The molecule has 1 N–H and O–H groups in total. The molecule has 1 atom stereocenters. The maximum absolute atomic E-state index is 9.53. The summed E-state index contributed by atoms with van der Waals surface area (Å²) in [4.78, 5) is 2.49. The Hall–Kier alpha value is -0.590. The number of nitrogens with zero attached hydrogens (tertiary/aromatic N) is 2. The Bertz CT molecular complexity index is 270. The molecular weight excluding hydrogens is 200 g/mol. The third-order valence-electron chi connectivity index (χ3n) is 4.28. The number of aliphatic hydroxyl groups is 1. The van der Waals surface area contributed by atoms with E-state index in [1.807, 2.05) is 6.92 Å². The van der Waals surface area contributed by atoms with E-state index in [1.54, 1.807) is 0 Å². The Morgan fingerprint density at radius 1 is 1.44 bits per heavy atom. The quantitative estimate of drug-likeness (QED) is 0.788. The van der Waals surface area contributed by atoms with Crippen LogP contribution in [0.15, 0.2) is 0 Å². The highest BCUT2D eigenvalue weighted by Crippen LogP contribution is 2.49. The first-order chi connectivity index (χ1) is 7.65. The minimum atomic E-state index is -0.156. The number of hydrogen-bond acceptors (Lipinski definition) is 3. The smallest absolute Gasteiger partial charge is 0.0628 e. The fourth-order valence-corrected chi connectivity index (χ4v) is 2.80. The molecule has 1 saturated heterocycles. The third-order valence-corrected chi connectivity index (χ3v) is 4.28. The lowest BCUT2D eigenvalue weighted by Crippen LogP contribution is -2.40. The molecule has 2 aliphatic rings. The first-order valence-electron chi connectivity index (χ1n) is 6.43. The summed E-state index contributed by atoms with van der Waals surface area (Å²) in [6, 6.07) is 2.32. The van der Waals surface area contributed by atoms with Crippen LogP contribution in [-0.2, 0) is 0 Å². The van der Waals surface area contributed by atoms with Crippen LogP contribution in [-0.4, -0.2) is 35.7 Å². The second kappa shape index (κ2) is 4.73. The van der Waals surface area contributed by atoms with Crippen molar-refractivity contribution < 1.29 is 5.11 Å². The van der Waals surface area contributed by atoms with Gasteiger partial charge in [-0.2, -0.15) is 5.26 Å². The fourth-order valence-electron chi connectivity index (χ4n) is 2.80. The lowest BCUT2D eigenvalue weighted by Gasteiger charge is -2.35. The minimum Gasteiger partial charge on any atom is -0.393 e. The molecule has 0 aromatic carbocycles. The van der Waals surface area contributed by atoms with E-state index in [-0.39, 0.29) is 6.10 Å². The van der Waals surface area contributed by atoms with Crippen LogP contribution >= 0.6 is 0 Å². The second-order valence-corrected chi connectivity index (χ2v) is 5.69. The van der Waals surface area contributed by atoms with Crippen molar-refractivity contribution in [2.75, 3.05) is 19.6 Å². The average molecular weight is 222 g/mol. The van der Waals surface area contributed by atoms with Crippen molar-refractivity contribution in [1.29, 1.82) is 5.26 Å². The van der Waals surface area contributed by atoms with Crippen molar-refractivity contribution in [2.24, 2.45) is 11.3 Å². The van der Waals surface area contributed by atoms with Crippen molar-refractivity contribution >= 4 is 0 Å². The number of rotatable bonds is 4. The fraction of sp³-hybridized carbons (Fsp3) is 0.923. The molecule has 1 heterocycles. The lowest BCUT2D eigenvalue weighted by atomic mass is 9.91. The van der Waals surface area contributed by atoms with Crippen LogP contribution in [0.4, 0.5) is 0 Å². The van der Waals surface area contributed by atoms with Gasteiger partial charge in [-0.3, -0.25) is 0 Å². The van der Waals surface area contributed by atoms with E-state index in [0.717, 1.165) is 38.9 Å². The summed E-state index contributed by atoms with van der Waals surface area (Å²) in [6.07, 6.45) is 5.26. The molecule has 0 amide bonds. The van der Waals surface area contributed by atoms with E-state index in [0.29, 0.717) is 11.3 Å². The minimum absolute atomic E-state index is 0.156. The van der Waals surface area contributed by atoms with E-state index >= 15 is 0 Å². The van der Waals surface area contributed by atoms with E-state index in [2.05, 4.69) is 11.0 Å². The molecule has 0 radical (unpaired) electrons. The summed E-state index contributed by atoms with van der Waals surface area (Å²) >= 11 is 0. The maximum Gasteiger partial charge on any atom is 0.0628 e. The Morgan fingerprint density at radius 2 is 2.06 bits per heavy atom. The number of nitriles is 1. The maximum atomic E-state index is 9.53. The third kappa shape index (κ3) is 2.75. The molecule has 0 spiro atoms. The normalized spacial score (nSPS) is 27.3. The van der Waals surface area contributed by atoms with Crippen LogP contribution in [0.2, 0.25) is 0 Å². The number of piperidine rings is 1. The molecule has 0 aromatic heterocycles. The summed E-state index contributed by atoms with van der Waals surface area (Å²) in [5.41, 5.74) is 0.340. The molecular formula is C13H22N2O. The standard InChI is InChI=1S/C13H22N2O/c1-11(16)12-2-8-15(9-3-12)10-13(4-5-13)6-7-14/h11-12,16H,2-6,8-10H2,1H3. The van der Waals surface area contributed by atoms with Crippen molar-refractivity contribution in [3.05, 3.63) is 0 Å². The van der Waals surface area contributed by atoms with Gasteiger partial charge < -0.3 is 10.0 Å². The van der Waals surface area contributed by atoms with E-state index in [4.69, 9.17) is 5.26 Å². The lowest BCUT2D eigenvalue weighted by molar-refractivity contribution is 0.0649. The highest BCUT2D eigenvalue weighted by molar-refractivity contribution is 5.01. The zero-order valence-corrected chi connectivity index (χ0v) is 10.2. The second-order valence-electron chi connectivity index (χ2n) is 5.69. The summed E-state index contributed by atoms with van der Waals surface area (Å²) < 4.78 is 0. The van der Waals surface area contributed by atoms with Gasteiger partial charge >= 0.3 is 0 Å². The monoisotopic (exact) mass is 222 g/mol. The summed E-state index contributed by atoms with van der Waals surface area (Å²) in [5, 5.41) is 18.3.